The van der Waals surface area contributed by atoms with Crippen molar-refractivity contribution in [3.63, 3.8) is 0 Å². The third-order valence-electron chi connectivity index (χ3n) is 3.86. The van der Waals surface area contributed by atoms with Crippen LogP contribution in [0.4, 0.5) is 5.69 Å². The molecule has 0 aromatic heterocycles. The molecule has 2 aromatic rings. The monoisotopic (exact) mass is 401 g/mol. The molecule has 2 rings (SSSR count). The van der Waals surface area contributed by atoms with Crippen molar-refractivity contribution >= 4 is 23.6 Å². The van der Waals surface area contributed by atoms with Crippen molar-refractivity contribution in [2.75, 3.05) is 40.4 Å². The van der Waals surface area contributed by atoms with Gasteiger partial charge in [-0.3, -0.25) is 4.79 Å². The molecule has 0 spiro atoms. The Morgan fingerprint density at radius 3 is 2.10 bits per heavy atom. The summed E-state index contributed by atoms with van der Waals surface area (Å²) in [5.41, 5.74) is 1.04. The number of methoxy groups -OCH3 is 4. The van der Waals surface area contributed by atoms with Crippen LogP contribution in [0, 0.1) is 0 Å². The first-order valence-corrected chi connectivity index (χ1v) is 8.59. The van der Waals surface area contributed by atoms with Gasteiger partial charge in [0.1, 0.15) is 23.0 Å². The zero-order chi connectivity index (χ0) is 21.2. The lowest BCUT2D eigenvalue weighted by Crippen LogP contribution is -2.20. The number of anilines is 1. The largest absolute Gasteiger partial charge is 0.497 e. The topological polar surface area (TPSA) is 92.3 Å². The van der Waals surface area contributed by atoms with E-state index < -0.39 is 18.5 Å². The third-order valence-corrected chi connectivity index (χ3v) is 3.86. The highest BCUT2D eigenvalue weighted by atomic mass is 16.5. The van der Waals surface area contributed by atoms with Crippen LogP contribution in [0.5, 0.6) is 23.0 Å². The molecule has 0 heterocycles. The lowest BCUT2D eigenvalue weighted by molar-refractivity contribution is -0.142. The number of hydrogen-bond acceptors (Lipinski definition) is 7. The van der Waals surface area contributed by atoms with Gasteiger partial charge in [0.25, 0.3) is 5.91 Å². The molecule has 0 saturated heterocycles. The molecular formula is C21H23NO7. The Bertz CT molecular complexity index is 893. The number of hydrogen-bond donors (Lipinski definition) is 1. The number of carbonyl (C=O) groups excluding carboxylic acids is 2. The van der Waals surface area contributed by atoms with E-state index in [1.807, 2.05) is 0 Å². The molecule has 2 aromatic carbocycles. The van der Waals surface area contributed by atoms with Gasteiger partial charge >= 0.3 is 5.97 Å². The molecule has 0 aliphatic rings. The van der Waals surface area contributed by atoms with Crippen molar-refractivity contribution < 1.29 is 33.3 Å². The summed E-state index contributed by atoms with van der Waals surface area (Å²) in [6.07, 6.45) is 2.73. The van der Waals surface area contributed by atoms with Gasteiger partial charge in [0.15, 0.2) is 6.61 Å². The van der Waals surface area contributed by atoms with Gasteiger partial charge in [-0.1, -0.05) is 0 Å². The van der Waals surface area contributed by atoms with Gasteiger partial charge in [-0.15, -0.1) is 0 Å². The van der Waals surface area contributed by atoms with Gasteiger partial charge in [0.2, 0.25) is 0 Å². The number of esters is 1. The first-order chi connectivity index (χ1) is 14.0. The highest BCUT2D eigenvalue weighted by molar-refractivity contribution is 5.96. The third kappa shape index (κ3) is 6.17. The Labute approximate surface area is 169 Å². The van der Waals surface area contributed by atoms with E-state index in [0.29, 0.717) is 34.2 Å². The van der Waals surface area contributed by atoms with E-state index in [1.54, 1.807) is 43.5 Å². The van der Waals surface area contributed by atoms with E-state index >= 15 is 0 Å². The maximum Gasteiger partial charge on any atom is 0.331 e. The maximum absolute atomic E-state index is 12.1. The minimum absolute atomic E-state index is 0.407. The fourth-order valence-corrected chi connectivity index (χ4v) is 2.41. The summed E-state index contributed by atoms with van der Waals surface area (Å²) in [6.45, 7) is -0.460. The summed E-state index contributed by atoms with van der Waals surface area (Å²) >= 11 is 0. The van der Waals surface area contributed by atoms with Gasteiger partial charge in [0.05, 0.1) is 34.1 Å². The Hall–Kier alpha value is -3.68. The summed E-state index contributed by atoms with van der Waals surface area (Å²) in [5, 5.41) is 2.62. The summed E-state index contributed by atoms with van der Waals surface area (Å²) in [5.74, 6) is 0.992. The lowest BCUT2D eigenvalue weighted by atomic mass is 10.1. The average Bonchev–Trinajstić information content (AvgIpc) is 2.75. The molecule has 0 unspecified atom stereocenters. The second-order valence-electron chi connectivity index (χ2n) is 5.66. The molecule has 154 valence electrons. The van der Waals surface area contributed by atoms with Gasteiger partial charge in [-0.05, 0) is 36.4 Å². The molecule has 1 N–H and O–H groups in total. The standard InChI is InChI=1S/C21H23NO7/c1-25-15-6-8-18(27-3)14(11-15)5-10-21(24)29-13-20(23)22-17-12-16(26-2)7-9-19(17)28-4/h5-12H,13H2,1-4H3,(H,22,23)/b10-5+. The van der Waals surface area contributed by atoms with Gasteiger partial charge in [0, 0.05) is 17.7 Å². The van der Waals surface area contributed by atoms with Gasteiger partial charge < -0.3 is 29.0 Å². The Kier molecular flexibility index (Phi) is 7.90. The molecule has 0 bridgehead atoms. The quantitative estimate of drug-likeness (QED) is 0.510. The minimum Gasteiger partial charge on any atom is -0.497 e. The van der Waals surface area contributed by atoms with E-state index in [-0.39, 0.29) is 0 Å². The molecule has 8 heteroatoms. The zero-order valence-corrected chi connectivity index (χ0v) is 16.7. The molecular weight excluding hydrogens is 378 g/mol. The van der Waals surface area contributed by atoms with Crippen molar-refractivity contribution in [1.29, 1.82) is 0 Å². The van der Waals surface area contributed by atoms with Crippen LogP contribution in [0.25, 0.3) is 6.08 Å². The molecule has 0 aliphatic heterocycles. The second-order valence-corrected chi connectivity index (χ2v) is 5.66. The molecule has 0 fully saturated rings. The van der Waals surface area contributed by atoms with Crippen LogP contribution < -0.4 is 24.3 Å². The van der Waals surface area contributed by atoms with Crippen molar-refractivity contribution in [2.24, 2.45) is 0 Å². The first-order valence-electron chi connectivity index (χ1n) is 8.59. The van der Waals surface area contributed by atoms with Crippen LogP contribution in [0.1, 0.15) is 5.56 Å². The van der Waals surface area contributed by atoms with E-state index in [1.165, 1.54) is 33.5 Å². The molecule has 0 radical (unpaired) electrons. The predicted octanol–water partition coefficient (Wildman–Crippen LogP) is 2.92. The van der Waals surface area contributed by atoms with Crippen LogP contribution in [-0.4, -0.2) is 46.9 Å². The lowest BCUT2D eigenvalue weighted by Gasteiger charge is -2.11. The van der Waals surface area contributed by atoms with Gasteiger partial charge in [-0.2, -0.15) is 0 Å². The highest BCUT2D eigenvalue weighted by Crippen LogP contribution is 2.29. The predicted molar refractivity (Wildman–Crippen MR) is 108 cm³/mol. The van der Waals surface area contributed by atoms with Crippen LogP contribution in [0.15, 0.2) is 42.5 Å². The summed E-state index contributed by atoms with van der Waals surface area (Å²) in [6, 6.07) is 10.1. The number of rotatable bonds is 9. The van der Waals surface area contributed by atoms with Crippen molar-refractivity contribution in [1.82, 2.24) is 0 Å². The number of ether oxygens (including phenoxy) is 5. The van der Waals surface area contributed by atoms with Crippen LogP contribution >= 0.6 is 0 Å². The highest BCUT2D eigenvalue weighted by Gasteiger charge is 2.11. The van der Waals surface area contributed by atoms with Crippen molar-refractivity contribution in [3.05, 3.63) is 48.0 Å². The van der Waals surface area contributed by atoms with E-state index in [2.05, 4.69) is 5.32 Å². The molecule has 0 atom stereocenters. The smallest absolute Gasteiger partial charge is 0.331 e. The SMILES string of the molecule is COc1ccc(OC)c(/C=C/C(=O)OCC(=O)Nc2cc(OC)ccc2OC)c1. The fraction of sp³-hybridized carbons (Fsp3) is 0.238. The number of nitrogens with one attached hydrogen (secondary N) is 1. The van der Waals surface area contributed by atoms with Crippen LogP contribution in [-0.2, 0) is 14.3 Å². The van der Waals surface area contributed by atoms with Crippen molar-refractivity contribution in [3.8, 4) is 23.0 Å². The van der Waals surface area contributed by atoms with E-state index in [0.717, 1.165) is 0 Å². The number of benzene rings is 2. The Morgan fingerprint density at radius 2 is 1.48 bits per heavy atom. The summed E-state index contributed by atoms with van der Waals surface area (Å²) in [4.78, 5) is 24.0. The second kappa shape index (κ2) is 10.6. The van der Waals surface area contributed by atoms with Crippen LogP contribution in [0.2, 0.25) is 0 Å². The molecule has 0 saturated carbocycles. The summed E-state index contributed by atoms with van der Waals surface area (Å²) in [7, 11) is 6.06. The number of amides is 1. The molecule has 29 heavy (non-hydrogen) atoms. The molecule has 1 amide bonds. The maximum atomic E-state index is 12.1. The number of carbonyl (C=O) groups is 2. The Morgan fingerprint density at radius 1 is 0.862 bits per heavy atom. The fourth-order valence-electron chi connectivity index (χ4n) is 2.41. The van der Waals surface area contributed by atoms with Crippen molar-refractivity contribution in [2.45, 2.75) is 0 Å². The molecule has 0 aliphatic carbocycles. The van der Waals surface area contributed by atoms with Crippen LogP contribution in [0.3, 0.4) is 0 Å². The normalized spacial score (nSPS) is 10.3. The first kappa shape index (κ1) is 21.6. The summed E-state index contributed by atoms with van der Waals surface area (Å²) < 4.78 is 25.7. The van der Waals surface area contributed by atoms with E-state index in [4.69, 9.17) is 23.7 Å². The minimum atomic E-state index is -0.678. The zero-order valence-electron chi connectivity index (χ0n) is 16.7. The molecule has 8 nitrogen and oxygen atoms in total. The average molecular weight is 401 g/mol. The van der Waals surface area contributed by atoms with Gasteiger partial charge in [-0.25, -0.2) is 4.79 Å². The Balaban J connectivity index is 1.96. The van der Waals surface area contributed by atoms with E-state index in [9.17, 15) is 9.59 Å².